The quantitative estimate of drug-likeness (QED) is 0.724. The van der Waals surface area contributed by atoms with E-state index in [9.17, 15) is 9.59 Å². The van der Waals surface area contributed by atoms with Crippen molar-refractivity contribution in [2.45, 2.75) is 5.92 Å². The van der Waals surface area contributed by atoms with Gasteiger partial charge in [0.1, 0.15) is 11.7 Å². The Kier molecular flexibility index (Phi) is 3.23. The van der Waals surface area contributed by atoms with Crippen molar-refractivity contribution >= 4 is 12.3 Å². The summed E-state index contributed by atoms with van der Waals surface area (Å²) in [6.07, 6.45) is 1.46. The first-order chi connectivity index (χ1) is 6.69. The van der Waals surface area contributed by atoms with Crippen molar-refractivity contribution in [2.24, 2.45) is 0 Å². The minimum atomic E-state index is -1.22. The van der Waals surface area contributed by atoms with E-state index in [1.807, 2.05) is 0 Å². The lowest BCUT2D eigenvalue weighted by Crippen LogP contribution is -2.12. The van der Waals surface area contributed by atoms with E-state index in [1.54, 1.807) is 12.1 Å². The minimum absolute atomic E-state index is 0.397. The van der Waals surface area contributed by atoms with Gasteiger partial charge in [-0.05, 0) is 17.7 Å². The summed E-state index contributed by atoms with van der Waals surface area (Å²) in [7, 11) is 1.51. The molecule has 1 unspecified atom stereocenters. The van der Waals surface area contributed by atoms with Gasteiger partial charge < -0.3 is 9.84 Å². The van der Waals surface area contributed by atoms with E-state index < -0.39 is 11.9 Å². The monoisotopic (exact) mass is 193 g/mol. The van der Waals surface area contributed by atoms with Crippen LogP contribution in [0.5, 0.6) is 5.75 Å². The van der Waals surface area contributed by atoms with E-state index in [4.69, 9.17) is 9.84 Å². The Morgan fingerprint density at radius 3 is 2.36 bits per heavy atom. The average Bonchev–Trinajstić information content (AvgIpc) is 2.19. The van der Waals surface area contributed by atoms with Gasteiger partial charge in [-0.2, -0.15) is 0 Å². The minimum Gasteiger partial charge on any atom is -0.497 e. The lowest BCUT2D eigenvalue weighted by molar-refractivity contribution is -0.137. The van der Waals surface area contributed by atoms with Crippen LogP contribution in [0.15, 0.2) is 24.3 Å². The highest BCUT2D eigenvalue weighted by atomic mass is 16.5. The zero-order valence-electron chi connectivity index (χ0n) is 7.56. The number of rotatable bonds is 4. The molecule has 4 nitrogen and oxygen atoms in total. The Morgan fingerprint density at radius 2 is 2.00 bits per heavy atom. The molecule has 1 radical (unpaired) electrons. The molecule has 0 saturated carbocycles. The largest absolute Gasteiger partial charge is 0.497 e. The van der Waals surface area contributed by atoms with Gasteiger partial charge in [0.2, 0.25) is 6.29 Å². The van der Waals surface area contributed by atoms with Crippen molar-refractivity contribution in [1.82, 2.24) is 0 Å². The molecule has 0 saturated heterocycles. The standard InChI is InChI=1S/C10H9O4/c1-14-8-4-2-7(3-5-8)9(6-11)10(12)13/h2-5,9H,1H3,(H,12,13). The number of carbonyl (C=O) groups excluding carboxylic acids is 1. The molecule has 0 amide bonds. The lowest BCUT2D eigenvalue weighted by Gasteiger charge is -2.05. The average molecular weight is 193 g/mol. The van der Waals surface area contributed by atoms with E-state index in [2.05, 4.69) is 0 Å². The Balaban J connectivity index is 2.94. The van der Waals surface area contributed by atoms with Crippen LogP contribution in [-0.4, -0.2) is 24.5 Å². The highest BCUT2D eigenvalue weighted by Gasteiger charge is 2.19. The number of hydrogen-bond donors (Lipinski definition) is 1. The topological polar surface area (TPSA) is 63.6 Å². The van der Waals surface area contributed by atoms with E-state index in [0.29, 0.717) is 11.3 Å². The molecule has 1 N–H and O–H groups in total. The van der Waals surface area contributed by atoms with Crippen molar-refractivity contribution in [3.63, 3.8) is 0 Å². The SMILES string of the molecule is COc1ccc(C([C]=O)C(=O)O)cc1. The number of carboxylic acid groups (broad SMARTS) is 1. The maximum atomic E-state index is 10.6. The molecular formula is C10H9O4. The van der Waals surface area contributed by atoms with E-state index in [1.165, 1.54) is 25.5 Å². The van der Waals surface area contributed by atoms with Gasteiger partial charge in [0.25, 0.3) is 0 Å². The van der Waals surface area contributed by atoms with E-state index in [-0.39, 0.29) is 0 Å². The van der Waals surface area contributed by atoms with Crippen LogP contribution < -0.4 is 4.74 Å². The summed E-state index contributed by atoms with van der Waals surface area (Å²) >= 11 is 0. The van der Waals surface area contributed by atoms with Gasteiger partial charge in [-0.1, -0.05) is 12.1 Å². The number of hydrogen-bond acceptors (Lipinski definition) is 3. The number of ether oxygens (including phenoxy) is 1. The lowest BCUT2D eigenvalue weighted by atomic mass is 10.0. The van der Waals surface area contributed by atoms with Gasteiger partial charge in [0, 0.05) is 0 Å². The molecule has 0 aliphatic carbocycles. The number of carbonyl (C=O) groups is 1. The predicted octanol–water partition coefficient (Wildman–Crippen LogP) is 0.973. The summed E-state index contributed by atoms with van der Waals surface area (Å²) in [4.78, 5) is 21.0. The van der Waals surface area contributed by atoms with Crippen molar-refractivity contribution < 1.29 is 19.4 Å². The number of benzene rings is 1. The molecule has 1 aromatic carbocycles. The Labute approximate surface area is 81.1 Å². The molecule has 1 aromatic rings. The second-order valence-corrected chi connectivity index (χ2v) is 2.66. The summed E-state index contributed by atoms with van der Waals surface area (Å²) in [5.74, 6) is -1.81. The molecule has 0 aliphatic rings. The molecule has 14 heavy (non-hydrogen) atoms. The highest BCUT2D eigenvalue weighted by Crippen LogP contribution is 2.17. The first-order valence-electron chi connectivity index (χ1n) is 3.93. The van der Waals surface area contributed by atoms with Crippen LogP contribution in [0.25, 0.3) is 0 Å². The van der Waals surface area contributed by atoms with Gasteiger partial charge in [0.05, 0.1) is 7.11 Å². The molecule has 0 aliphatic heterocycles. The molecule has 0 aromatic heterocycles. The number of carboxylic acids is 1. The van der Waals surface area contributed by atoms with Crippen LogP contribution in [0.3, 0.4) is 0 Å². The van der Waals surface area contributed by atoms with Crippen molar-refractivity contribution in [3.8, 4) is 5.75 Å². The van der Waals surface area contributed by atoms with Crippen molar-refractivity contribution in [2.75, 3.05) is 7.11 Å². The first kappa shape index (κ1) is 10.2. The summed E-state index contributed by atoms with van der Waals surface area (Å²) in [5.41, 5.74) is 0.397. The van der Waals surface area contributed by atoms with Crippen LogP contribution in [0, 0.1) is 0 Å². The summed E-state index contributed by atoms with van der Waals surface area (Å²) in [5, 5.41) is 8.66. The third kappa shape index (κ3) is 2.10. The second kappa shape index (κ2) is 4.41. The van der Waals surface area contributed by atoms with E-state index >= 15 is 0 Å². The van der Waals surface area contributed by atoms with Crippen LogP contribution in [-0.2, 0) is 9.59 Å². The third-order valence-electron chi connectivity index (χ3n) is 1.81. The second-order valence-electron chi connectivity index (χ2n) is 2.66. The van der Waals surface area contributed by atoms with Crippen LogP contribution in [0.1, 0.15) is 11.5 Å². The molecule has 1 rings (SSSR count). The smallest absolute Gasteiger partial charge is 0.319 e. The normalized spacial score (nSPS) is 11.8. The molecule has 73 valence electrons. The van der Waals surface area contributed by atoms with Crippen LogP contribution in [0.2, 0.25) is 0 Å². The van der Waals surface area contributed by atoms with Crippen LogP contribution in [0.4, 0.5) is 0 Å². The summed E-state index contributed by atoms with van der Waals surface area (Å²) in [6, 6.07) is 6.26. The zero-order valence-corrected chi connectivity index (χ0v) is 7.56. The summed E-state index contributed by atoms with van der Waals surface area (Å²) < 4.78 is 4.90. The fraction of sp³-hybridized carbons (Fsp3) is 0.200. The fourth-order valence-electron chi connectivity index (χ4n) is 1.06. The van der Waals surface area contributed by atoms with Crippen LogP contribution >= 0.6 is 0 Å². The molecule has 0 fully saturated rings. The maximum Gasteiger partial charge on any atom is 0.319 e. The van der Waals surface area contributed by atoms with E-state index in [0.717, 1.165) is 0 Å². The van der Waals surface area contributed by atoms with Crippen molar-refractivity contribution in [1.29, 1.82) is 0 Å². The Hall–Kier alpha value is -1.84. The van der Waals surface area contributed by atoms with Gasteiger partial charge in [0.15, 0.2) is 0 Å². The molecule has 1 atom stereocenters. The van der Waals surface area contributed by atoms with Gasteiger partial charge >= 0.3 is 5.97 Å². The molecule has 0 bridgehead atoms. The molecule has 0 heterocycles. The summed E-state index contributed by atoms with van der Waals surface area (Å²) in [6.45, 7) is 0. The molecular weight excluding hydrogens is 184 g/mol. The molecule has 4 heteroatoms. The van der Waals surface area contributed by atoms with Crippen molar-refractivity contribution in [3.05, 3.63) is 29.8 Å². The predicted molar refractivity (Wildman–Crippen MR) is 49.1 cm³/mol. The third-order valence-corrected chi connectivity index (χ3v) is 1.81. The molecule has 0 spiro atoms. The number of aliphatic carboxylic acids is 1. The zero-order chi connectivity index (χ0) is 10.6. The first-order valence-corrected chi connectivity index (χ1v) is 3.93. The Morgan fingerprint density at radius 1 is 1.43 bits per heavy atom. The fourth-order valence-corrected chi connectivity index (χ4v) is 1.06. The highest BCUT2D eigenvalue weighted by molar-refractivity contribution is 5.93. The Bertz CT molecular complexity index is 328. The van der Waals surface area contributed by atoms with Gasteiger partial charge in [-0.15, -0.1) is 0 Å². The van der Waals surface area contributed by atoms with Gasteiger partial charge in [-0.25, -0.2) is 0 Å². The maximum absolute atomic E-state index is 10.6. The van der Waals surface area contributed by atoms with Gasteiger partial charge in [-0.3, -0.25) is 9.59 Å². The number of methoxy groups -OCH3 is 1.